The molecule has 1 unspecified atom stereocenters. The van der Waals surface area contributed by atoms with Gasteiger partial charge in [-0.3, -0.25) is 14.6 Å². The molecule has 5 rings (SSSR count). The molecule has 5 heteroatoms. The Morgan fingerprint density at radius 2 is 1.69 bits per heavy atom. The van der Waals surface area contributed by atoms with Gasteiger partial charge in [0, 0.05) is 25.2 Å². The highest BCUT2D eigenvalue weighted by molar-refractivity contribution is 5.93. The molecule has 0 N–H and O–H groups in total. The van der Waals surface area contributed by atoms with Crippen molar-refractivity contribution in [1.82, 2.24) is 14.8 Å². The lowest BCUT2D eigenvalue weighted by Crippen LogP contribution is -2.62. The van der Waals surface area contributed by atoms with Crippen molar-refractivity contribution < 1.29 is 9.59 Å². The van der Waals surface area contributed by atoms with Crippen LogP contribution < -0.4 is 0 Å². The maximum absolute atomic E-state index is 13.6. The first kappa shape index (κ1) is 18.3. The van der Waals surface area contributed by atoms with E-state index in [0.717, 1.165) is 50.8 Å². The molecule has 2 saturated heterocycles. The van der Waals surface area contributed by atoms with E-state index in [1.807, 2.05) is 40.1 Å². The molecule has 3 heterocycles. The standard InChI is InChI=1S/C24H27N3O2/c28-22(20-15-18-7-1-2-8-19(18)16-20)27-14-6-11-24(27)10-5-13-26(23(24)29)17-21-9-3-4-12-25-21/h1-4,7-9,12,20H,5-6,10-11,13-17H2. The lowest BCUT2D eigenvalue weighted by atomic mass is 9.84. The molecule has 3 aliphatic rings. The summed E-state index contributed by atoms with van der Waals surface area (Å²) in [6.07, 6.45) is 6.79. The fourth-order valence-electron chi connectivity index (χ4n) is 5.54. The van der Waals surface area contributed by atoms with Crippen molar-refractivity contribution in [2.45, 2.75) is 50.6 Å². The molecule has 1 aliphatic carbocycles. The summed E-state index contributed by atoms with van der Waals surface area (Å²) in [4.78, 5) is 35.4. The van der Waals surface area contributed by atoms with E-state index < -0.39 is 5.54 Å². The Labute approximate surface area is 171 Å². The Bertz CT molecular complexity index is 904. The number of piperidine rings is 1. The third-order valence-corrected chi connectivity index (χ3v) is 6.94. The molecule has 150 valence electrons. The van der Waals surface area contributed by atoms with Crippen LogP contribution in [0.15, 0.2) is 48.7 Å². The Hall–Kier alpha value is -2.69. The molecule has 2 aliphatic heterocycles. The number of carbonyl (C=O) groups excluding carboxylic acids is 2. The molecule has 0 saturated carbocycles. The van der Waals surface area contributed by atoms with Crippen LogP contribution in [0.5, 0.6) is 0 Å². The zero-order valence-corrected chi connectivity index (χ0v) is 16.7. The number of amides is 2. The van der Waals surface area contributed by atoms with Gasteiger partial charge in [-0.05, 0) is 61.8 Å². The summed E-state index contributed by atoms with van der Waals surface area (Å²) in [5, 5.41) is 0. The van der Waals surface area contributed by atoms with Crippen molar-refractivity contribution in [2.75, 3.05) is 13.1 Å². The van der Waals surface area contributed by atoms with Crippen LogP contribution in [0, 0.1) is 5.92 Å². The molecule has 1 aromatic heterocycles. The number of pyridine rings is 1. The van der Waals surface area contributed by atoms with E-state index in [1.54, 1.807) is 6.20 Å². The van der Waals surface area contributed by atoms with Crippen molar-refractivity contribution in [3.63, 3.8) is 0 Å². The third-order valence-electron chi connectivity index (χ3n) is 6.94. The molecule has 2 amide bonds. The Balaban J connectivity index is 1.36. The van der Waals surface area contributed by atoms with Gasteiger partial charge in [0.2, 0.25) is 11.8 Å². The second-order valence-corrected chi connectivity index (χ2v) is 8.65. The summed E-state index contributed by atoms with van der Waals surface area (Å²) in [5.74, 6) is 0.267. The van der Waals surface area contributed by atoms with Crippen molar-refractivity contribution in [3.8, 4) is 0 Å². The highest BCUT2D eigenvalue weighted by atomic mass is 16.2. The zero-order valence-electron chi connectivity index (χ0n) is 16.7. The van der Waals surface area contributed by atoms with Gasteiger partial charge < -0.3 is 9.80 Å². The van der Waals surface area contributed by atoms with Crippen LogP contribution in [0.2, 0.25) is 0 Å². The van der Waals surface area contributed by atoms with E-state index in [0.29, 0.717) is 13.1 Å². The van der Waals surface area contributed by atoms with Crippen LogP contribution in [-0.2, 0) is 29.0 Å². The Kier molecular flexibility index (Phi) is 4.61. The summed E-state index contributed by atoms with van der Waals surface area (Å²) in [7, 11) is 0. The van der Waals surface area contributed by atoms with Crippen molar-refractivity contribution >= 4 is 11.8 Å². The number of carbonyl (C=O) groups is 2. The van der Waals surface area contributed by atoms with Crippen LogP contribution in [0.3, 0.4) is 0 Å². The van der Waals surface area contributed by atoms with Gasteiger partial charge >= 0.3 is 0 Å². The van der Waals surface area contributed by atoms with E-state index >= 15 is 0 Å². The van der Waals surface area contributed by atoms with Gasteiger partial charge in [-0.2, -0.15) is 0 Å². The van der Waals surface area contributed by atoms with Gasteiger partial charge in [-0.25, -0.2) is 0 Å². The van der Waals surface area contributed by atoms with Crippen LogP contribution >= 0.6 is 0 Å². The number of nitrogens with zero attached hydrogens (tertiary/aromatic N) is 3. The molecular weight excluding hydrogens is 362 g/mol. The number of hydrogen-bond acceptors (Lipinski definition) is 3. The van der Waals surface area contributed by atoms with Crippen molar-refractivity contribution in [1.29, 1.82) is 0 Å². The normalized spacial score (nSPS) is 24.3. The van der Waals surface area contributed by atoms with Gasteiger partial charge in [0.25, 0.3) is 0 Å². The number of benzene rings is 1. The van der Waals surface area contributed by atoms with Crippen molar-refractivity contribution in [3.05, 3.63) is 65.5 Å². The third kappa shape index (κ3) is 3.13. The number of likely N-dealkylation sites (tertiary alicyclic amines) is 2. The van der Waals surface area contributed by atoms with Gasteiger partial charge in [0.05, 0.1) is 12.2 Å². The predicted octanol–water partition coefficient (Wildman–Crippen LogP) is 2.98. The van der Waals surface area contributed by atoms with Crippen molar-refractivity contribution in [2.24, 2.45) is 5.92 Å². The van der Waals surface area contributed by atoms with Crippen LogP contribution in [-0.4, -0.2) is 45.2 Å². The molecule has 2 fully saturated rings. The topological polar surface area (TPSA) is 53.5 Å². The summed E-state index contributed by atoms with van der Waals surface area (Å²) in [5.41, 5.74) is 2.83. The molecule has 5 nitrogen and oxygen atoms in total. The molecule has 2 aromatic rings. The first-order valence-electron chi connectivity index (χ1n) is 10.7. The van der Waals surface area contributed by atoms with Crippen LogP contribution in [0.1, 0.15) is 42.5 Å². The van der Waals surface area contributed by atoms with Gasteiger partial charge in [0.1, 0.15) is 5.54 Å². The highest BCUT2D eigenvalue weighted by Crippen LogP contribution is 2.41. The highest BCUT2D eigenvalue weighted by Gasteiger charge is 2.53. The van der Waals surface area contributed by atoms with Crippen LogP contribution in [0.4, 0.5) is 0 Å². The van der Waals surface area contributed by atoms with Crippen LogP contribution in [0.25, 0.3) is 0 Å². The fraction of sp³-hybridized carbons (Fsp3) is 0.458. The smallest absolute Gasteiger partial charge is 0.248 e. The molecular formula is C24H27N3O2. The molecule has 0 bridgehead atoms. The number of rotatable bonds is 3. The largest absolute Gasteiger partial charge is 0.335 e. The maximum Gasteiger partial charge on any atom is 0.248 e. The minimum absolute atomic E-state index is 0.0265. The summed E-state index contributed by atoms with van der Waals surface area (Å²) < 4.78 is 0. The molecule has 1 aromatic carbocycles. The first-order valence-corrected chi connectivity index (χ1v) is 10.7. The quantitative estimate of drug-likeness (QED) is 0.811. The second kappa shape index (κ2) is 7.29. The zero-order chi connectivity index (χ0) is 19.8. The molecule has 0 radical (unpaired) electrons. The van der Waals surface area contributed by atoms with E-state index in [9.17, 15) is 9.59 Å². The number of hydrogen-bond donors (Lipinski definition) is 0. The summed E-state index contributed by atoms with van der Waals surface area (Å²) in [6, 6.07) is 14.1. The van der Waals surface area contributed by atoms with E-state index in [1.165, 1.54) is 11.1 Å². The van der Waals surface area contributed by atoms with Gasteiger partial charge in [-0.1, -0.05) is 30.3 Å². The average Bonchev–Trinajstić information content (AvgIpc) is 3.37. The van der Waals surface area contributed by atoms with E-state index in [2.05, 4.69) is 17.1 Å². The van der Waals surface area contributed by atoms with E-state index in [-0.39, 0.29) is 17.7 Å². The lowest BCUT2D eigenvalue weighted by Gasteiger charge is -2.45. The fourth-order valence-corrected chi connectivity index (χ4v) is 5.54. The average molecular weight is 389 g/mol. The predicted molar refractivity (Wildman–Crippen MR) is 110 cm³/mol. The first-order chi connectivity index (χ1) is 14.2. The van der Waals surface area contributed by atoms with E-state index in [4.69, 9.17) is 0 Å². The Morgan fingerprint density at radius 3 is 2.38 bits per heavy atom. The Morgan fingerprint density at radius 1 is 1.00 bits per heavy atom. The monoisotopic (exact) mass is 389 g/mol. The second-order valence-electron chi connectivity index (χ2n) is 8.65. The number of aromatic nitrogens is 1. The number of fused-ring (bicyclic) bond motifs is 1. The molecule has 1 atom stereocenters. The minimum atomic E-state index is -0.640. The minimum Gasteiger partial charge on any atom is -0.335 e. The maximum atomic E-state index is 13.6. The molecule has 1 spiro atoms. The van der Waals surface area contributed by atoms with Gasteiger partial charge in [0.15, 0.2) is 0 Å². The lowest BCUT2D eigenvalue weighted by molar-refractivity contribution is -0.157. The SMILES string of the molecule is O=C(C1Cc2ccccc2C1)N1CCCC12CCCN(Cc1ccccn1)C2=O. The summed E-state index contributed by atoms with van der Waals surface area (Å²) in [6.45, 7) is 1.97. The van der Waals surface area contributed by atoms with Gasteiger partial charge in [-0.15, -0.1) is 0 Å². The summed E-state index contributed by atoms with van der Waals surface area (Å²) >= 11 is 0. The molecule has 29 heavy (non-hydrogen) atoms.